The maximum Gasteiger partial charge on any atom is 0.0684 e. The van der Waals surface area contributed by atoms with Crippen LogP contribution < -0.4 is 11.1 Å². The van der Waals surface area contributed by atoms with Gasteiger partial charge in [0, 0.05) is 17.9 Å². The molecule has 3 heteroatoms. The van der Waals surface area contributed by atoms with Crippen molar-refractivity contribution in [2.75, 3.05) is 17.6 Å². The van der Waals surface area contributed by atoms with Gasteiger partial charge >= 0.3 is 0 Å². The molecule has 0 aliphatic heterocycles. The quantitative estimate of drug-likeness (QED) is 0.616. The molecule has 0 aliphatic rings. The lowest BCUT2D eigenvalue weighted by Crippen LogP contribution is -2.15. The SMILES string of the molecule is Cc1ccc(NCC(C)O)cc1N. The van der Waals surface area contributed by atoms with Gasteiger partial charge in [0.25, 0.3) is 0 Å². The summed E-state index contributed by atoms with van der Waals surface area (Å²) in [6.07, 6.45) is -0.345. The summed E-state index contributed by atoms with van der Waals surface area (Å²) in [5.41, 5.74) is 8.52. The van der Waals surface area contributed by atoms with Crippen molar-refractivity contribution in [3.05, 3.63) is 23.8 Å². The Labute approximate surface area is 78.6 Å². The molecule has 1 atom stereocenters. The number of aliphatic hydroxyl groups is 1. The van der Waals surface area contributed by atoms with E-state index in [0.29, 0.717) is 6.54 Å². The van der Waals surface area contributed by atoms with Crippen molar-refractivity contribution >= 4 is 11.4 Å². The van der Waals surface area contributed by atoms with Crippen LogP contribution in [0.25, 0.3) is 0 Å². The summed E-state index contributed by atoms with van der Waals surface area (Å²) >= 11 is 0. The van der Waals surface area contributed by atoms with Gasteiger partial charge in [-0.1, -0.05) is 6.07 Å². The van der Waals surface area contributed by atoms with Gasteiger partial charge < -0.3 is 16.2 Å². The zero-order valence-corrected chi connectivity index (χ0v) is 8.04. The molecular weight excluding hydrogens is 164 g/mol. The van der Waals surface area contributed by atoms with Crippen molar-refractivity contribution in [2.24, 2.45) is 0 Å². The summed E-state index contributed by atoms with van der Waals surface area (Å²) in [4.78, 5) is 0. The molecule has 0 aromatic heterocycles. The van der Waals surface area contributed by atoms with Gasteiger partial charge in [-0.2, -0.15) is 0 Å². The van der Waals surface area contributed by atoms with Gasteiger partial charge in [0.05, 0.1) is 6.10 Å². The van der Waals surface area contributed by atoms with Gasteiger partial charge in [0.1, 0.15) is 0 Å². The molecule has 1 rings (SSSR count). The third kappa shape index (κ3) is 2.95. The molecule has 0 fully saturated rings. The number of nitrogens with one attached hydrogen (secondary N) is 1. The molecule has 0 radical (unpaired) electrons. The number of rotatable bonds is 3. The number of aryl methyl sites for hydroxylation is 1. The Morgan fingerprint density at radius 1 is 1.54 bits per heavy atom. The Balaban J connectivity index is 2.63. The molecule has 1 aromatic carbocycles. The molecular formula is C10H16N2O. The fraction of sp³-hybridized carbons (Fsp3) is 0.400. The first kappa shape index (κ1) is 9.86. The minimum Gasteiger partial charge on any atom is -0.398 e. The van der Waals surface area contributed by atoms with Crippen LogP contribution in [0.2, 0.25) is 0 Å². The lowest BCUT2D eigenvalue weighted by Gasteiger charge is -2.09. The number of anilines is 2. The predicted molar refractivity (Wildman–Crippen MR) is 55.8 cm³/mol. The van der Waals surface area contributed by atoms with Crippen LogP contribution in [0.4, 0.5) is 11.4 Å². The molecule has 0 saturated carbocycles. The van der Waals surface area contributed by atoms with Gasteiger partial charge in [-0.3, -0.25) is 0 Å². The molecule has 0 saturated heterocycles. The van der Waals surface area contributed by atoms with E-state index in [-0.39, 0.29) is 6.10 Å². The average Bonchev–Trinajstić information content (AvgIpc) is 2.07. The lowest BCUT2D eigenvalue weighted by atomic mass is 10.2. The van der Waals surface area contributed by atoms with Crippen molar-refractivity contribution in [3.8, 4) is 0 Å². The van der Waals surface area contributed by atoms with E-state index in [1.54, 1.807) is 6.92 Å². The molecule has 4 N–H and O–H groups in total. The summed E-state index contributed by atoms with van der Waals surface area (Å²) in [6, 6.07) is 5.78. The van der Waals surface area contributed by atoms with E-state index in [4.69, 9.17) is 10.8 Å². The van der Waals surface area contributed by atoms with Crippen LogP contribution in [-0.2, 0) is 0 Å². The number of nitrogen functional groups attached to an aromatic ring is 1. The Hall–Kier alpha value is -1.22. The second-order valence-electron chi connectivity index (χ2n) is 3.30. The van der Waals surface area contributed by atoms with Gasteiger partial charge in [-0.25, -0.2) is 0 Å². The third-order valence-corrected chi connectivity index (χ3v) is 1.88. The average molecular weight is 180 g/mol. The van der Waals surface area contributed by atoms with Gasteiger partial charge in [0.2, 0.25) is 0 Å². The Morgan fingerprint density at radius 3 is 2.77 bits per heavy atom. The summed E-state index contributed by atoms with van der Waals surface area (Å²) < 4.78 is 0. The maximum atomic E-state index is 9.04. The molecule has 1 aromatic rings. The molecule has 13 heavy (non-hydrogen) atoms. The van der Waals surface area contributed by atoms with Crippen LogP contribution in [0.5, 0.6) is 0 Å². The fourth-order valence-electron chi connectivity index (χ4n) is 1.02. The highest BCUT2D eigenvalue weighted by Crippen LogP contribution is 2.16. The highest BCUT2D eigenvalue weighted by Gasteiger charge is 1.98. The minimum absolute atomic E-state index is 0.345. The molecule has 1 unspecified atom stereocenters. The Kier molecular flexibility index (Phi) is 3.14. The van der Waals surface area contributed by atoms with Gasteiger partial charge in [-0.05, 0) is 31.5 Å². The van der Waals surface area contributed by atoms with E-state index in [1.807, 2.05) is 25.1 Å². The zero-order chi connectivity index (χ0) is 9.84. The van der Waals surface area contributed by atoms with E-state index in [2.05, 4.69) is 5.32 Å². The van der Waals surface area contributed by atoms with Crippen molar-refractivity contribution < 1.29 is 5.11 Å². The van der Waals surface area contributed by atoms with Crippen LogP contribution in [-0.4, -0.2) is 17.8 Å². The van der Waals surface area contributed by atoms with Crippen LogP contribution in [0.1, 0.15) is 12.5 Å². The normalized spacial score (nSPS) is 12.5. The molecule has 0 amide bonds. The van der Waals surface area contributed by atoms with Crippen LogP contribution >= 0.6 is 0 Å². The number of hydrogen-bond donors (Lipinski definition) is 3. The molecule has 3 nitrogen and oxygen atoms in total. The lowest BCUT2D eigenvalue weighted by molar-refractivity contribution is 0.208. The van der Waals surface area contributed by atoms with Gasteiger partial charge in [0.15, 0.2) is 0 Å². The second kappa shape index (κ2) is 4.14. The summed E-state index contributed by atoms with van der Waals surface area (Å²) in [5.74, 6) is 0. The first-order valence-electron chi connectivity index (χ1n) is 4.37. The molecule has 0 heterocycles. The maximum absolute atomic E-state index is 9.04. The standard InChI is InChI=1S/C10H16N2O/c1-7-3-4-9(5-10(7)11)12-6-8(2)13/h3-5,8,12-13H,6,11H2,1-2H3. The first-order chi connectivity index (χ1) is 6.09. The fourth-order valence-corrected chi connectivity index (χ4v) is 1.02. The van der Waals surface area contributed by atoms with E-state index >= 15 is 0 Å². The monoisotopic (exact) mass is 180 g/mol. The van der Waals surface area contributed by atoms with Crippen molar-refractivity contribution in [1.82, 2.24) is 0 Å². The van der Waals surface area contributed by atoms with Crippen molar-refractivity contribution in [3.63, 3.8) is 0 Å². The third-order valence-electron chi connectivity index (χ3n) is 1.88. The predicted octanol–water partition coefficient (Wildman–Crippen LogP) is 1.37. The summed E-state index contributed by atoms with van der Waals surface area (Å²) in [7, 11) is 0. The molecule has 72 valence electrons. The summed E-state index contributed by atoms with van der Waals surface area (Å²) in [5, 5.41) is 12.1. The van der Waals surface area contributed by atoms with Crippen LogP contribution in [0.15, 0.2) is 18.2 Å². The second-order valence-corrected chi connectivity index (χ2v) is 3.30. The number of nitrogens with two attached hydrogens (primary N) is 1. The largest absolute Gasteiger partial charge is 0.398 e. The number of benzene rings is 1. The van der Waals surface area contributed by atoms with E-state index in [1.165, 1.54) is 0 Å². The molecule has 0 bridgehead atoms. The number of hydrogen-bond acceptors (Lipinski definition) is 3. The summed E-state index contributed by atoms with van der Waals surface area (Å²) in [6.45, 7) is 4.25. The minimum atomic E-state index is -0.345. The van der Waals surface area contributed by atoms with Crippen molar-refractivity contribution in [2.45, 2.75) is 20.0 Å². The zero-order valence-electron chi connectivity index (χ0n) is 8.04. The van der Waals surface area contributed by atoms with Crippen LogP contribution in [0, 0.1) is 6.92 Å². The molecule has 0 aliphatic carbocycles. The van der Waals surface area contributed by atoms with Crippen LogP contribution in [0.3, 0.4) is 0 Å². The highest BCUT2D eigenvalue weighted by molar-refractivity contribution is 5.58. The highest BCUT2D eigenvalue weighted by atomic mass is 16.3. The first-order valence-corrected chi connectivity index (χ1v) is 4.37. The van der Waals surface area contributed by atoms with Gasteiger partial charge in [-0.15, -0.1) is 0 Å². The van der Waals surface area contributed by atoms with Crippen molar-refractivity contribution in [1.29, 1.82) is 0 Å². The van der Waals surface area contributed by atoms with E-state index in [9.17, 15) is 0 Å². The Bertz CT molecular complexity index is 284. The molecule has 0 spiro atoms. The number of aliphatic hydroxyl groups excluding tert-OH is 1. The van der Waals surface area contributed by atoms with E-state index < -0.39 is 0 Å². The smallest absolute Gasteiger partial charge is 0.0684 e. The topological polar surface area (TPSA) is 58.3 Å². The van der Waals surface area contributed by atoms with E-state index in [0.717, 1.165) is 16.9 Å². The Morgan fingerprint density at radius 2 is 2.23 bits per heavy atom.